The molecule has 1 aliphatic heterocycles. The lowest BCUT2D eigenvalue weighted by atomic mass is 10.1. The molecule has 0 aliphatic carbocycles. The minimum absolute atomic E-state index is 0.536. The van der Waals surface area contributed by atoms with Gasteiger partial charge in [0.05, 0.1) is 15.7 Å². The number of hydrogen-bond donors (Lipinski definition) is 2. The summed E-state index contributed by atoms with van der Waals surface area (Å²) in [5.41, 5.74) is 0.901. The molecule has 1 saturated heterocycles. The quantitative estimate of drug-likeness (QED) is 0.790. The Morgan fingerprint density at radius 2 is 1.88 bits per heavy atom. The fraction of sp³-hybridized carbons (Fsp3) is 0.444. The molecule has 2 aromatic rings. The van der Waals surface area contributed by atoms with E-state index in [0.717, 1.165) is 31.5 Å². The zero-order valence-electron chi connectivity index (χ0n) is 14.8. The van der Waals surface area contributed by atoms with Gasteiger partial charge in [-0.15, -0.1) is 0 Å². The van der Waals surface area contributed by atoms with Crippen LogP contribution < -0.4 is 5.32 Å². The van der Waals surface area contributed by atoms with Crippen molar-refractivity contribution in [1.82, 2.24) is 14.7 Å². The maximum Gasteiger partial charge on any atom is 0.300 e. The standard InChI is InChI=1S/C16H20Cl2N4.C2H4O2/c17-14-5-4-13(12-15(14)18)22-10-6-16(20-22)19-7-11-21-8-2-1-3-9-21;1-2(3)4/h4-6,10,12H,1-3,7-9,11H2,(H,19,20);1H3,(H,3,4). The van der Waals surface area contributed by atoms with E-state index >= 15 is 0 Å². The van der Waals surface area contributed by atoms with Crippen LogP contribution in [0.25, 0.3) is 5.69 Å². The number of anilines is 1. The van der Waals surface area contributed by atoms with Crippen LogP contribution in [0.5, 0.6) is 0 Å². The van der Waals surface area contributed by atoms with Gasteiger partial charge in [0.15, 0.2) is 0 Å². The number of halogens is 2. The summed E-state index contributed by atoms with van der Waals surface area (Å²) in [6, 6.07) is 7.47. The first kappa shape index (κ1) is 20.6. The van der Waals surface area contributed by atoms with Crippen molar-refractivity contribution < 1.29 is 9.90 Å². The van der Waals surface area contributed by atoms with E-state index in [0.29, 0.717) is 10.0 Å². The molecular weight excluding hydrogens is 375 g/mol. The molecule has 142 valence electrons. The van der Waals surface area contributed by atoms with Crippen LogP contribution in [0, 0.1) is 0 Å². The van der Waals surface area contributed by atoms with Crippen molar-refractivity contribution in [2.24, 2.45) is 0 Å². The van der Waals surface area contributed by atoms with Gasteiger partial charge in [0.25, 0.3) is 5.97 Å². The van der Waals surface area contributed by atoms with E-state index in [2.05, 4.69) is 15.3 Å². The molecule has 26 heavy (non-hydrogen) atoms. The van der Waals surface area contributed by atoms with Gasteiger partial charge in [0.2, 0.25) is 0 Å². The highest BCUT2D eigenvalue weighted by molar-refractivity contribution is 6.42. The number of aromatic nitrogens is 2. The average Bonchev–Trinajstić information content (AvgIpc) is 3.07. The Morgan fingerprint density at radius 3 is 2.54 bits per heavy atom. The molecule has 2 N–H and O–H groups in total. The lowest BCUT2D eigenvalue weighted by Crippen LogP contribution is -2.33. The molecule has 6 nitrogen and oxygen atoms in total. The van der Waals surface area contributed by atoms with E-state index in [-0.39, 0.29) is 0 Å². The second-order valence-electron chi connectivity index (χ2n) is 6.09. The van der Waals surface area contributed by atoms with E-state index in [1.165, 1.54) is 32.4 Å². The lowest BCUT2D eigenvalue weighted by Gasteiger charge is -2.26. The zero-order valence-corrected chi connectivity index (χ0v) is 16.3. The largest absolute Gasteiger partial charge is 0.481 e. The molecule has 0 saturated carbocycles. The number of aliphatic carboxylic acids is 1. The van der Waals surface area contributed by atoms with Gasteiger partial charge < -0.3 is 15.3 Å². The van der Waals surface area contributed by atoms with Crippen LogP contribution in [0.1, 0.15) is 26.2 Å². The molecule has 0 unspecified atom stereocenters. The fourth-order valence-electron chi connectivity index (χ4n) is 2.71. The molecule has 0 spiro atoms. The van der Waals surface area contributed by atoms with Crippen LogP contribution in [0.3, 0.4) is 0 Å². The minimum atomic E-state index is -0.833. The molecule has 1 aromatic carbocycles. The topological polar surface area (TPSA) is 70.4 Å². The molecule has 0 amide bonds. The summed E-state index contributed by atoms with van der Waals surface area (Å²) in [7, 11) is 0. The van der Waals surface area contributed by atoms with Crippen LogP contribution in [0.4, 0.5) is 5.82 Å². The average molecular weight is 399 g/mol. The molecule has 0 atom stereocenters. The maximum absolute atomic E-state index is 9.00. The third-order valence-electron chi connectivity index (χ3n) is 3.94. The Morgan fingerprint density at radius 1 is 1.19 bits per heavy atom. The first-order chi connectivity index (χ1) is 12.5. The van der Waals surface area contributed by atoms with Gasteiger partial charge >= 0.3 is 0 Å². The van der Waals surface area contributed by atoms with E-state index in [4.69, 9.17) is 33.1 Å². The third-order valence-corrected chi connectivity index (χ3v) is 4.68. The Balaban J connectivity index is 0.000000552. The number of carboxylic acids is 1. The molecule has 1 fully saturated rings. The molecular formula is C18H24Cl2N4O2. The van der Waals surface area contributed by atoms with E-state index in [1.807, 2.05) is 24.4 Å². The Labute approximate surface area is 163 Å². The van der Waals surface area contributed by atoms with Gasteiger partial charge in [-0.3, -0.25) is 4.79 Å². The predicted octanol–water partition coefficient (Wildman–Crippen LogP) is 4.17. The van der Waals surface area contributed by atoms with Crippen LogP contribution in [-0.2, 0) is 4.79 Å². The number of nitrogens with zero attached hydrogens (tertiary/aromatic N) is 3. The SMILES string of the molecule is CC(=O)O.Clc1ccc(-n2ccc(NCCN3CCCCC3)n2)cc1Cl. The highest BCUT2D eigenvalue weighted by atomic mass is 35.5. The number of rotatable bonds is 5. The zero-order chi connectivity index (χ0) is 18.9. The van der Waals surface area contributed by atoms with E-state index in [9.17, 15) is 0 Å². The molecule has 2 heterocycles. The van der Waals surface area contributed by atoms with Crippen molar-refractivity contribution in [3.8, 4) is 5.69 Å². The van der Waals surface area contributed by atoms with Crippen LogP contribution >= 0.6 is 23.2 Å². The molecule has 3 rings (SSSR count). The minimum Gasteiger partial charge on any atom is -0.481 e. The Kier molecular flexibility index (Phi) is 8.22. The maximum atomic E-state index is 9.00. The van der Waals surface area contributed by atoms with E-state index < -0.39 is 5.97 Å². The highest BCUT2D eigenvalue weighted by Gasteiger charge is 2.09. The first-order valence-corrected chi connectivity index (χ1v) is 9.38. The summed E-state index contributed by atoms with van der Waals surface area (Å²) in [5, 5.41) is 16.4. The second-order valence-corrected chi connectivity index (χ2v) is 6.91. The summed E-state index contributed by atoms with van der Waals surface area (Å²) in [5.74, 6) is 0.0445. The monoisotopic (exact) mass is 398 g/mol. The van der Waals surface area contributed by atoms with Gasteiger partial charge in [-0.2, -0.15) is 5.10 Å². The van der Waals surface area contributed by atoms with Crippen LogP contribution in [-0.4, -0.2) is 51.9 Å². The normalized spacial score (nSPS) is 14.4. The highest BCUT2D eigenvalue weighted by Crippen LogP contribution is 2.24. The van der Waals surface area contributed by atoms with E-state index in [1.54, 1.807) is 10.7 Å². The summed E-state index contributed by atoms with van der Waals surface area (Å²) in [4.78, 5) is 11.5. The van der Waals surface area contributed by atoms with Gasteiger partial charge in [-0.25, -0.2) is 4.68 Å². The second kappa shape index (κ2) is 10.4. The molecule has 0 radical (unpaired) electrons. The summed E-state index contributed by atoms with van der Waals surface area (Å²) in [6.45, 7) is 5.51. The number of piperidine rings is 1. The van der Waals surface area contributed by atoms with Crippen molar-refractivity contribution in [2.45, 2.75) is 26.2 Å². The van der Waals surface area contributed by atoms with Crippen molar-refractivity contribution >= 4 is 35.0 Å². The molecule has 0 bridgehead atoms. The van der Waals surface area contributed by atoms with Crippen LogP contribution in [0.15, 0.2) is 30.5 Å². The predicted molar refractivity (Wildman–Crippen MR) is 106 cm³/mol. The smallest absolute Gasteiger partial charge is 0.300 e. The molecule has 8 heteroatoms. The number of carbonyl (C=O) groups is 1. The summed E-state index contributed by atoms with van der Waals surface area (Å²) >= 11 is 12.0. The Bertz CT molecular complexity index is 711. The number of carboxylic acid groups (broad SMARTS) is 1. The number of nitrogens with one attached hydrogen (secondary N) is 1. The van der Waals surface area contributed by atoms with Crippen molar-refractivity contribution in [1.29, 1.82) is 0 Å². The van der Waals surface area contributed by atoms with Crippen molar-refractivity contribution in [2.75, 3.05) is 31.5 Å². The van der Waals surface area contributed by atoms with Gasteiger partial charge in [-0.05, 0) is 44.1 Å². The fourth-order valence-corrected chi connectivity index (χ4v) is 3.01. The molecule has 1 aromatic heterocycles. The van der Waals surface area contributed by atoms with Gasteiger partial charge in [0.1, 0.15) is 5.82 Å². The van der Waals surface area contributed by atoms with Crippen molar-refractivity contribution in [3.63, 3.8) is 0 Å². The summed E-state index contributed by atoms with van der Waals surface area (Å²) < 4.78 is 1.80. The summed E-state index contributed by atoms with van der Waals surface area (Å²) in [6.07, 6.45) is 5.94. The van der Waals surface area contributed by atoms with Gasteiger partial charge in [0, 0.05) is 32.3 Å². The number of likely N-dealkylation sites (tertiary alicyclic amines) is 1. The third kappa shape index (κ3) is 6.86. The number of hydrogen-bond acceptors (Lipinski definition) is 4. The Hall–Kier alpha value is -1.76. The molecule has 1 aliphatic rings. The first-order valence-electron chi connectivity index (χ1n) is 8.62. The van der Waals surface area contributed by atoms with Crippen LogP contribution in [0.2, 0.25) is 10.0 Å². The van der Waals surface area contributed by atoms with Gasteiger partial charge in [-0.1, -0.05) is 29.6 Å². The number of benzene rings is 1. The lowest BCUT2D eigenvalue weighted by molar-refractivity contribution is -0.134. The van der Waals surface area contributed by atoms with Crippen molar-refractivity contribution in [3.05, 3.63) is 40.5 Å².